The van der Waals surface area contributed by atoms with Crippen molar-refractivity contribution in [3.05, 3.63) is 57.6 Å². The van der Waals surface area contributed by atoms with E-state index in [-0.39, 0.29) is 10.8 Å². The fourth-order valence-electron chi connectivity index (χ4n) is 1.81. The number of aromatic nitrogens is 2. The van der Waals surface area contributed by atoms with Crippen LogP contribution in [-0.2, 0) is 6.42 Å². The van der Waals surface area contributed by atoms with Crippen LogP contribution in [0.3, 0.4) is 0 Å². The van der Waals surface area contributed by atoms with Crippen molar-refractivity contribution in [1.82, 2.24) is 9.97 Å². The lowest BCUT2D eigenvalue weighted by molar-refractivity contribution is 0.0690. The molecule has 2 rings (SSSR count). The van der Waals surface area contributed by atoms with Crippen molar-refractivity contribution in [2.24, 2.45) is 0 Å². The predicted molar refractivity (Wildman–Crippen MR) is 72.7 cm³/mol. The van der Waals surface area contributed by atoms with Crippen molar-refractivity contribution in [1.29, 1.82) is 0 Å². The van der Waals surface area contributed by atoms with Gasteiger partial charge < -0.3 is 5.11 Å². The SMILES string of the molecule is Cc1ccc(C)c(Cc2nc(Cl)cc(C(=O)O)n2)c1. The number of hydrogen-bond donors (Lipinski definition) is 1. The molecule has 0 amide bonds. The van der Waals surface area contributed by atoms with Crippen molar-refractivity contribution in [2.45, 2.75) is 20.3 Å². The van der Waals surface area contributed by atoms with E-state index in [1.165, 1.54) is 6.07 Å². The first kappa shape index (κ1) is 13.5. The highest BCUT2D eigenvalue weighted by atomic mass is 35.5. The van der Waals surface area contributed by atoms with Crippen LogP contribution in [0.2, 0.25) is 5.15 Å². The van der Waals surface area contributed by atoms with Gasteiger partial charge in [-0.1, -0.05) is 35.4 Å². The molecule has 0 unspecified atom stereocenters. The summed E-state index contributed by atoms with van der Waals surface area (Å²) >= 11 is 5.82. The summed E-state index contributed by atoms with van der Waals surface area (Å²) in [6.07, 6.45) is 0.467. The highest BCUT2D eigenvalue weighted by Crippen LogP contribution is 2.15. The maximum atomic E-state index is 10.9. The van der Waals surface area contributed by atoms with Crippen molar-refractivity contribution in [2.75, 3.05) is 0 Å². The first-order chi connectivity index (χ1) is 8.95. The van der Waals surface area contributed by atoms with Gasteiger partial charge in [0.25, 0.3) is 0 Å². The van der Waals surface area contributed by atoms with Crippen LogP contribution in [0.4, 0.5) is 0 Å². The molecule has 1 N–H and O–H groups in total. The summed E-state index contributed by atoms with van der Waals surface area (Å²) in [4.78, 5) is 19.0. The highest BCUT2D eigenvalue weighted by Gasteiger charge is 2.11. The van der Waals surface area contributed by atoms with Crippen LogP contribution in [0.1, 0.15) is 33.0 Å². The highest BCUT2D eigenvalue weighted by molar-refractivity contribution is 6.29. The number of nitrogens with zero attached hydrogens (tertiary/aromatic N) is 2. The molecule has 0 aliphatic carbocycles. The molecule has 0 fully saturated rings. The van der Waals surface area contributed by atoms with Crippen LogP contribution >= 0.6 is 11.6 Å². The Morgan fingerprint density at radius 2 is 2.00 bits per heavy atom. The van der Waals surface area contributed by atoms with Gasteiger partial charge in [-0.2, -0.15) is 0 Å². The van der Waals surface area contributed by atoms with Crippen molar-refractivity contribution in [3.63, 3.8) is 0 Å². The largest absolute Gasteiger partial charge is 0.477 e. The van der Waals surface area contributed by atoms with Crippen LogP contribution < -0.4 is 0 Å². The molecule has 1 aromatic heterocycles. The molecule has 2 aromatic rings. The molecule has 0 radical (unpaired) electrons. The summed E-state index contributed by atoms with van der Waals surface area (Å²) in [5.74, 6) is -0.690. The first-order valence-electron chi connectivity index (χ1n) is 5.78. The van der Waals surface area contributed by atoms with Gasteiger partial charge in [0.15, 0.2) is 5.69 Å². The van der Waals surface area contributed by atoms with E-state index in [1.807, 2.05) is 32.0 Å². The van der Waals surface area contributed by atoms with Gasteiger partial charge in [0.2, 0.25) is 0 Å². The summed E-state index contributed by atoms with van der Waals surface area (Å²) in [6.45, 7) is 4.00. The molecule has 1 heterocycles. The van der Waals surface area contributed by atoms with Crippen molar-refractivity contribution in [3.8, 4) is 0 Å². The monoisotopic (exact) mass is 276 g/mol. The first-order valence-corrected chi connectivity index (χ1v) is 6.16. The maximum absolute atomic E-state index is 10.9. The zero-order valence-corrected chi connectivity index (χ0v) is 11.4. The number of aromatic carboxylic acids is 1. The predicted octanol–water partition coefficient (Wildman–Crippen LogP) is 3.04. The molecule has 5 heteroatoms. The van der Waals surface area contributed by atoms with Crippen LogP contribution in [0.25, 0.3) is 0 Å². The smallest absolute Gasteiger partial charge is 0.354 e. The minimum Gasteiger partial charge on any atom is -0.477 e. The van der Waals surface area contributed by atoms with E-state index in [4.69, 9.17) is 16.7 Å². The maximum Gasteiger partial charge on any atom is 0.354 e. The second-order valence-corrected chi connectivity index (χ2v) is 4.79. The number of carbonyl (C=O) groups is 1. The third-order valence-electron chi connectivity index (χ3n) is 2.81. The Morgan fingerprint density at radius 1 is 1.26 bits per heavy atom. The van der Waals surface area contributed by atoms with Crippen LogP contribution in [-0.4, -0.2) is 21.0 Å². The number of aryl methyl sites for hydroxylation is 2. The fraction of sp³-hybridized carbons (Fsp3) is 0.214. The molecule has 0 bridgehead atoms. The second kappa shape index (κ2) is 5.36. The van der Waals surface area contributed by atoms with Gasteiger partial charge in [0.05, 0.1) is 0 Å². The van der Waals surface area contributed by atoms with Gasteiger partial charge in [0, 0.05) is 12.5 Å². The third kappa shape index (κ3) is 3.29. The number of rotatable bonds is 3. The van der Waals surface area contributed by atoms with E-state index >= 15 is 0 Å². The van der Waals surface area contributed by atoms with Crippen molar-refractivity contribution >= 4 is 17.6 Å². The molecule has 0 aliphatic heterocycles. The molecule has 0 aliphatic rings. The molecule has 98 valence electrons. The summed E-state index contributed by atoms with van der Waals surface area (Å²) in [5, 5.41) is 9.10. The van der Waals surface area contributed by atoms with Crippen LogP contribution in [0.5, 0.6) is 0 Å². The van der Waals surface area contributed by atoms with E-state index < -0.39 is 5.97 Å². The number of halogens is 1. The molecule has 1 aromatic carbocycles. The molecule has 0 saturated carbocycles. The normalized spacial score (nSPS) is 10.5. The van der Waals surface area contributed by atoms with E-state index in [0.29, 0.717) is 12.2 Å². The zero-order valence-electron chi connectivity index (χ0n) is 10.6. The topological polar surface area (TPSA) is 63.1 Å². The van der Waals surface area contributed by atoms with E-state index in [2.05, 4.69) is 9.97 Å². The Kier molecular flexibility index (Phi) is 3.81. The summed E-state index contributed by atoms with van der Waals surface area (Å²) in [7, 11) is 0. The quantitative estimate of drug-likeness (QED) is 0.875. The lowest BCUT2D eigenvalue weighted by Gasteiger charge is -2.07. The van der Waals surface area contributed by atoms with Crippen molar-refractivity contribution < 1.29 is 9.90 Å². The fourth-order valence-corrected chi connectivity index (χ4v) is 2.02. The van der Waals surface area contributed by atoms with Crippen LogP contribution in [0.15, 0.2) is 24.3 Å². The van der Waals surface area contributed by atoms with Gasteiger partial charge >= 0.3 is 5.97 Å². The lowest BCUT2D eigenvalue weighted by atomic mass is 10.0. The average Bonchev–Trinajstić information content (AvgIpc) is 2.33. The van der Waals surface area contributed by atoms with Gasteiger partial charge in [-0.3, -0.25) is 0 Å². The molecular weight excluding hydrogens is 264 g/mol. The van der Waals surface area contributed by atoms with Gasteiger partial charge in [-0.15, -0.1) is 0 Å². The standard InChI is InChI=1S/C14H13ClN2O2/c1-8-3-4-9(2)10(5-8)6-13-16-11(14(18)19)7-12(15)17-13/h3-5,7H,6H2,1-2H3,(H,18,19). The lowest BCUT2D eigenvalue weighted by Crippen LogP contribution is -2.06. The Balaban J connectivity index is 2.38. The average molecular weight is 277 g/mol. The van der Waals surface area contributed by atoms with E-state index in [9.17, 15) is 4.79 Å². The molecular formula is C14H13ClN2O2. The zero-order chi connectivity index (χ0) is 14.0. The van der Waals surface area contributed by atoms with E-state index in [1.54, 1.807) is 0 Å². The minimum absolute atomic E-state index is 0.0830. The number of carboxylic acids is 1. The van der Waals surface area contributed by atoms with Gasteiger partial charge in [-0.25, -0.2) is 14.8 Å². The molecule has 19 heavy (non-hydrogen) atoms. The van der Waals surface area contributed by atoms with Gasteiger partial charge in [-0.05, 0) is 25.0 Å². The summed E-state index contributed by atoms with van der Waals surface area (Å²) < 4.78 is 0. The second-order valence-electron chi connectivity index (χ2n) is 4.40. The Hall–Kier alpha value is -1.94. The van der Waals surface area contributed by atoms with Crippen LogP contribution in [0, 0.1) is 13.8 Å². The Bertz CT molecular complexity index is 641. The van der Waals surface area contributed by atoms with E-state index in [0.717, 1.165) is 16.7 Å². The summed E-state index contributed by atoms with van der Waals surface area (Å²) in [6, 6.07) is 7.34. The molecule has 0 saturated heterocycles. The number of hydrogen-bond acceptors (Lipinski definition) is 3. The Morgan fingerprint density at radius 3 is 2.68 bits per heavy atom. The molecule has 0 atom stereocenters. The third-order valence-corrected chi connectivity index (χ3v) is 3.01. The van der Waals surface area contributed by atoms with Gasteiger partial charge in [0.1, 0.15) is 11.0 Å². The molecule has 0 spiro atoms. The molecule has 4 nitrogen and oxygen atoms in total. The Labute approximate surface area is 116 Å². The summed E-state index contributed by atoms with van der Waals surface area (Å²) in [5.41, 5.74) is 3.24. The minimum atomic E-state index is -1.11. The number of carboxylic acid groups (broad SMARTS) is 1. The number of benzene rings is 1.